The number of carbonyl (C=O) groups excluding carboxylic acids is 2. The van der Waals surface area contributed by atoms with Crippen molar-refractivity contribution in [3.63, 3.8) is 0 Å². The van der Waals surface area contributed by atoms with Crippen LogP contribution in [0, 0.1) is 11.8 Å². The lowest BCUT2D eigenvalue weighted by Crippen LogP contribution is -2.39. The molecule has 3 unspecified atom stereocenters. The number of fused-ring (bicyclic) bond motifs is 5. The Labute approximate surface area is 285 Å². The molecule has 10 heteroatoms. The Morgan fingerprint density at radius 1 is 0.938 bits per heavy atom. The van der Waals surface area contributed by atoms with Crippen LogP contribution in [-0.2, 0) is 13.0 Å². The highest BCUT2D eigenvalue weighted by Crippen LogP contribution is 2.45. The number of nitrogens with one attached hydrogen (secondary N) is 2. The second-order valence-corrected chi connectivity index (χ2v) is 12.7. The minimum absolute atomic E-state index is 0.0363. The topological polar surface area (TPSA) is 144 Å². The number of anilines is 1. The molecule has 0 saturated heterocycles. The van der Waals surface area contributed by atoms with E-state index in [0.29, 0.717) is 48.4 Å². The molecule has 3 heterocycles. The van der Waals surface area contributed by atoms with E-state index in [4.69, 9.17) is 10.5 Å². The van der Waals surface area contributed by atoms with Crippen LogP contribution in [0.2, 0.25) is 0 Å². The highest BCUT2D eigenvalue weighted by molar-refractivity contribution is 7.13. The number of nitrogens with two attached hydrogens (primary N) is 1. The van der Waals surface area contributed by atoms with Crippen molar-refractivity contribution in [2.75, 3.05) is 11.9 Å². The maximum atomic E-state index is 13.9. The van der Waals surface area contributed by atoms with Gasteiger partial charge in [-0.3, -0.25) is 9.59 Å². The summed E-state index contributed by atoms with van der Waals surface area (Å²) in [6, 6.07) is 15.9. The molecule has 3 aliphatic rings. The molecule has 252 valence electrons. The van der Waals surface area contributed by atoms with Gasteiger partial charge in [-0.05, 0) is 90.1 Å². The van der Waals surface area contributed by atoms with Crippen LogP contribution in [0.4, 0.5) is 5.69 Å². The number of hydrogen-bond acceptors (Lipinski definition) is 7. The number of aromatic carboxylic acids is 1. The van der Waals surface area contributed by atoms with Crippen molar-refractivity contribution in [1.29, 1.82) is 0 Å². The molecule has 2 saturated carbocycles. The lowest BCUT2D eigenvalue weighted by molar-refractivity contribution is 0.0691. The summed E-state index contributed by atoms with van der Waals surface area (Å²) in [4.78, 5) is 45.0. The summed E-state index contributed by atoms with van der Waals surface area (Å²) < 4.78 is 6.12. The number of ether oxygens (including phenoxy) is 1. The third-order valence-electron chi connectivity index (χ3n) is 9.11. The largest absolute Gasteiger partial charge is 0.493 e. The molecule has 2 aliphatic carbocycles. The number of rotatable bonds is 7. The predicted octanol–water partition coefficient (Wildman–Crippen LogP) is 7.79. The van der Waals surface area contributed by atoms with E-state index in [0.717, 1.165) is 40.8 Å². The lowest BCUT2D eigenvalue weighted by Gasteiger charge is -2.23. The van der Waals surface area contributed by atoms with Crippen LogP contribution in [0.25, 0.3) is 21.6 Å². The van der Waals surface area contributed by atoms with Gasteiger partial charge in [0.1, 0.15) is 11.4 Å². The van der Waals surface area contributed by atoms with Crippen molar-refractivity contribution in [2.24, 2.45) is 17.6 Å². The predicted molar refractivity (Wildman–Crippen MR) is 191 cm³/mol. The quantitative estimate of drug-likeness (QED) is 0.157. The summed E-state index contributed by atoms with van der Waals surface area (Å²) in [6.45, 7) is 8.83. The van der Waals surface area contributed by atoms with Gasteiger partial charge in [-0.2, -0.15) is 0 Å². The number of aromatic nitrogens is 1. The molecule has 48 heavy (non-hydrogen) atoms. The van der Waals surface area contributed by atoms with Crippen LogP contribution >= 0.6 is 11.3 Å². The Hall–Kier alpha value is -4.54. The Kier molecular flexibility index (Phi) is 11.3. The van der Waals surface area contributed by atoms with Gasteiger partial charge in [-0.1, -0.05) is 46.2 Å². The van der Waals surface area contributed by atoms with Gasteiger partial charge in [0.05, 0.1) is 6.61 Å². The maximum Gasteiger partial charge on any atom is 0.355 e. The Morgan fingerprint density at radius 3 is 2.38 bits per heavy atom. The monoisotopic (exact) mass is 668 g/mol. The van der Waals surface area contributed by atoms with Crippen LogP contribution in [0.15, 0.2) is 60.0 Å². The summed E-state index contributed by atoms with van der Waals surface area (Å²) >= 11 is 1.57. The first-order valence-electron chi connectivity index (χ1n) is 16.9. The van der Waals surface area contributed by atoms with Gasteiger partial charge in [0, 0.05) is 51.8 Å². The number of nitrogens with zero attached hydrogens (tertiary/aromatic N) is 1. The van der Waals surface area contributed by atoms with Crippen molar-refractivity contribution in [3.8, 4) is 27.3 Å². The number of amides is 2. The van der Waals surface area contributed by atoms with Gasteiger partial charge in [0.25, 0.3) is 11.8 Å². The highest BCUT2D eigenvalue weighted by Gasteiger charge is 2.40. The van der Waals surface area contributed by atoms with E-state index in [1.165, 1.54) is 12.5 Å². The molecule has 2 amide bonds. The highest BCUT2D eigenvalue weighted by atomic mass is 32.1. The van der Waals surface area contributed by atoms with Crippen molar-refractivity contribution in [2.45, 2.75) is 72.4 Å². The third-order valence-corrected chi connectivity index (χ3v) is 10.1. The number of thiophene rings is 1. The summed E-state index contributed by atoms with van der Waals surface area (Å²) in [5.41, 5.74) is 9.70. The van der Waals surface area contributed by atoms with Crippen molar-refractivity contribution >= 4 is 34.8 Å². The molecular formula is C38H44N4O5S. The first-order chi connectivity index (χ1) is 23.4. The van der Waals surface area contributed by atoms with Gasteiger partial charge in [-0.25, -0.2) is 9.78 Å². The third kappa shape index (κ3) is 7.15. The van der Waals surface area contributed by atoms with E-state index in [1.807, 2.05) is 45.2 Å². The van der Waals surface area contributed by atoms with E-state index in [2.05, 4.69) is 21.7 Å². The van der Waals surface area contributed by atoms with Gasteiger partial charge in [0.2, 0.25) is 0 Å². The molecule has 9 nitrogen and oxygen atoms in total. The minimum Gasteiger partial charge on any atom is -0.493 e. The number of carboxylic acid groups (broad SMARTS) is 1. The summed E-state index contributed by atoms with van der Waals surface area (Å²) in [5, 5.41) is 18.3. The van der Waals surface area contributed by atoms with Gasteiger partial charge in [0.15, 0.2) is 5.69 Å². The van der Waals surface area contributed by atoms with Gasteiger partial charge >= 0.3 is 5.97 Å². The number of benzene rings is 2. The van der Waals surface area contributed by atoms with E-state index >= 15 is 0 Å². The molecule has 0 radical (unpaired) electrons. The number of pyridine rings is 1. The van der Waals surface area contributed by atoms with Crippen LogP contribution in [-0.4, -0.2) is 40.5 Å². The fourth-order valence-corrected chi connectivity index (χ4v) is 7.86. The molecule has 2 aromatic heterocycles. The first-order valence-corrected chi connectivity index (χ1v) is 17.8. The zero-order valence-electron chi connectivity index (χ0n) is 28.0. The Morgan fingerprint density at radius 2 is 1.71 bits per heavy atom. The molecule has 5 N–H and O–H groups in total. The first kappa shape index (κ1) is 34.8. The fraction of sp³-hybridized carbons (Fsp3) is 0.368. The molecule has 2 bridgehead atoms. The summed E-state index contributed by atoms with van der Waals surface area (Å²) in [7, 11) is 0. The average Bonchev–Trinajstić information content (AvgIpc) is 3.86. The second kappa shape index (κ2) is 15.6. The minimum atomic E-state index is -1.30. The van der Waals surface area contributed by atoms with Crippen LogP contribution in [0.3, 0.4) is 0 Å². The molecular weight excluding hydrogens is 625 g/mol. The smallest absolute Gasteiger partial charge is 0.355 e. The van der Waals surface area contributed by atoms with Crippen molar-refractivity contribution < 1.29 is 24.2 Å². The zero-order chi connectivity index (χ0) is 34.4. The summed E-state index contributed by atoms with van der Waals surface area (Å²) in [6.07, 6.45) is 5.12. The van der Waals surface area contributed by atoms with Crippen LogP contribution in [0.1, 0.15) is 95.8 Å². The molecule has 4 aromatic rings. The van der Waals surface area contributed by atoms with Crippen molar-refractivity contribution in [3.05, 3.63) is 88.1 Å². The van der Waals surface area contributed by atoms with Crippen molar-refractivity contribution in [1.82, 2.24) is 10.3 Å². The average molecular weight is 669 g/mol. The van der Waals surface area contributed by atoms with E-state index in [9.17, 15) is 19.5 Å². The molecule has 2 fully saturated rings. The standard InChI is InChI=1S/C34H32N4O5S.2C2H6/c35-17-18-2-5-22(6-3-18)36-32(39)25-15-26-29(43-11-9-20-10-12-44-31(20)26)16-24(25)23-7-8-27(37-30(23)34(41)42)33(40)38-28-14-19-1-4-21(28)13-19;2*1-2/h2-3,5-8,10,12,15-16,19,21,28H,1,4,9,11,13-14,17,35H2,(H,36,39)(H,38,40)(H,41,42);2*1-2H3. The van der Waals surface area contributed by atoms with E-state index in [-0.39, 0.29) is 34.5 Å². The normalized spacial score (nSPS) is 18.4. The SMILES string of the molecule is CC.CC.NCc1ccc(NC(=O)c2cc3c(cc2-c2ccc(C(=O)NC4CC5CCC4C5)nc2C(=O)O)OCCc2ccsc2-3)cc1. The van der Waals surface area contributed by atoms with Crippen LogP contribution < -0.4 is 21.1 Å². The zero-order valence-corrected chi connectivity index (χ0v) is 28.8. The Bertz CT molecular complexity index is 1780. The molecule has 3 atom stereocenters. The molecule has 1 aliphatic heterocycles. The molecule has 0 spiro atoms. The molecule has 2 aromatic carbocycles. The number of carbonyl (C=O) groups is 3. The number of carboxylic acids is 1. The fourth-order valence-electron chi connectivity index (χ4n) is 6.88. The van der Waals surface area contributed by atoms with Crippen LogP contribution in [0.5, 0.6) is 5.75 Å². The lowest BCUT2D eigenvalue weighted by atomic mass is 9.93. The van der Waals surface area contributed by atoms with Gasteiger partial charge in [-0.15, -0.1) is 11.3 Å². The van der Waals surface area contributed by atoms with Gasteiger partial charge < -0.3 is 26.2 Å². The number of hydrogen-bond donors (Lipinski definition) is 4. The molecule has 7 rings (SSSR count). The van der Waals surface area contributed by atoms with E-state index < -0.39 is 11.9 Å². The second-order valence-electron chi connectivity index (χ2n) is 11.8. The Balaban J connectivity index is 0.00000109. The maximum absolute atomic E-state index is 13.9. The van der Waals surface area contributed by atoms with E-state index in [1.54, 1.807) is 41.7 Å². The summed E-state index contributed by atoms with van der Waals surface area (Å²) in [5.74, 6) is -0.419.